The van der Waals surface area contributed by atoms with E-state index in [0.717, 1.165) is 37.2 Å². The van der Waals surface area contributed by atoms with Gasteiger partial charge in [-0.15, -0.1) is 0 Å². The number of hydrogen-bond acceptors (Lipinski definition) is 3. The Hall–Kier alpha value is -1.81. The monoisotopic (exact) mass is 306 g/mol. The third-order valence-corrected chi connectivity index (χ3v) is 3.15. The molecule has 0 bridgehead atoms. The third-order valence-electron chi connectivity index (χ3n) is 3.15. The van der Waals surface area contributed by atoms with Crippen molar-refractivity contribution in [1.82, 2.24) is 0 Å². The van der Waals surface area contributed by atoms with Crippen LogP contribution in [0.5, 0.6) is 5.75 Å². The summed E-state index contributed by atoms with van der Waals surface area (Å²) in [6.07, 6.45) is 5.58. The first-order valence-corrected chi connectivity index (χ1v) is 7.78. The highest BCUT2D eigenvalue weighted by Gasteiger charge is 2.01. The van der Waals surface area contributed by atoms with E-state index in [0.29, 0.717) is 13.2 Å². The first-order chi connectivity index (χ1) is 10.6. The molecule has 1 N–H and O–H groups in total. The first kappa shape index (κ1) is 18.2. The molecule has 4 heteroatoms. The van der Waals surface area contributed by atoms with Gasteiger partial charge in [-0.3, -0.25) is 0 Å². The molecule has 0 aliphatic rings. The van der Waals surface area contributed by atoms with Crippen LogP contribution in [0.2, 0.25) is 0 Å². The first-order valence-electron chi connectivity index (χ1n) is 7.78. The number of aromatic carboxylic acids is 1. The predicted molar refractivity (Wildman–Crippen MR) is 87.6 cm³/mol. The molecule has 1 aromatic carbocycles. The van der Waals surface area contributed by atoms with Crippen molar-refractivity contribution in [3.63, 3.8) is 0 Å². The fourth-order valence-electron chi connectivity index (χ4n) is 1.97. The Balaban J connectivity index is 1.97. The Morgan fingerprint density at radius 2 is 1.64 bits per heavy atom. The molecule has 0 aliphatic heterocycles. The lowest BCUT2D eigenvalue weighted by atomic mass is 10.1. The highest BCUT2D eigenvalue weighted by molar-refractivity contribution is 5.87. The van der Waals surface area contributed by atoms with Crippen LogP contribution in [0.15, 0.2) is 36.4 Å². The van der Waals surface area contributed by atoms with Crippen LogP contribution in [0.4, 0.5) is 0 Å². The lowest BCUT2D eigenvalue weighted by Gasteiger charge is -2.07. The molecule has 0 spiro atoms. The van der Waals surface area contributed by atoms with Crippen LogP contribution in [0.25, 0.3) is 0 Å². The van der Waals surface area contributed by atoms with Crippen molar-refractivity contribution in [3.8, 4) is 5.75 Å². The molecule has 22 heavy (non-hydrogen) atoms. The van der Waals surface area contributed by atoms with Crippen LogP contribution in [0.3, 0.4) is 0 Å². The maximum atomic E-state index is 10.7. The second-order valence-corrected chi connectivity index (χ2v) is 5.46. The van der Waals surface area contributed by atoms with Gasteiger partial charge in [0, 0.05) is 6.61 Å². The van der Waals surface area contributed by atoms with Gasteiger partial charge in [0.15, 0.2) is 0 Å². The van der Waals surface area contributed by atoms with Crippen molar-refractivity contribution in [2.24, 2.45) is 0 Å². The molecular weight excluding hydrogens is 280 g/mol. The number of benzene rings is 1. The van der Waals surface area contributed by atoms with Crippen LogP contribution >= 0.6 is 0 Å². The largest absolute Gasteiger partial charge is 0.494 e. The molecule has 0 saturated carbocycles. The van der Waals surface area contributed by atoms with Crippen LogP contribution in [0.1, 0.15) is 49.4 Å². The summed E-state index contributed by atoms with van der Waals surface area (Å²) in [4.78, 5) is 10.7. The summed E-state index contributed by atoms with van der Waals surface area (Å²) in [5, 5.41) is 8.80. The summed E-state index contributed by atoms with van der Waals surface area (Å²) >= 11 is 0. The van der Waals surface area contributed by atoms with Gasteiger partial charge in [-0.05, 0) is 44.0 Å². The van der Waals surface area contributed by atoms with Gasteiger partial charge in [0.2, 0.25) is 0 Å². The number of carboxylic acids is 1. The number of rotatable bonds is 12. The Morgan fingerprint density at radius 1 is 1.05 bits per heavy atom. The summed E-state index contributed by atoms with van der Waals surface area (Å²) < 4.78 is 11.0. The third kappa shape index (κ3) is 8.47. The van der Waals surface area contributed by atoms with Crippen LogP contribution in [0, 0.1) is 0 Å². The molecule has 0 aliphatic carbocycles. The molecule has 0 atom stereocenters. The highest BCUT2D eigenvalue weighted by atomic mass is 16.5. The second-order valence-electron chi connectivity index (χ2n) is 5.46. The SMILES string of the molecule is C=C(C)COCCCCCCCOc1ccc(C(=O)O)cc1. The maximum absolute atomic E-state index is 10.7. The van der Waals surface area contributed by atoms with Gasteiger partial charge >= 0.3 is 5.97 Å². The molecule has 0 radical (unpaired) electrons. The van der Waals surface area contributed by atoms with Crippen LogP contribution < -0.4 is 4.74 Å². The van der Waals surface area contributed by atoms with Crippen molar-refractivity contribution < 1.29 is 19.4 Å². The molecule has 0 aromatic heterocycles. The van der Waals surface area contributed by atoms with Gasteiger partial charge in [0.25, 0.3) is 0 Å². The van der Waals surface area contributed by atoms with Crippen molar-refractivity contribution in [1.29, 1.82) is 0 Å². The Morgan fingerprint density at radius 3 is 2.23 bits per heavy atom. The quantitative estimate of drug-likeness (QED) is 0.462. The summed E-state index contributed by atoms with van der Waals surface area (Å²) in [5.74, 6) is -0.197. The molecule has 0 saturated heterocycles. The average molecular weight is 306 g/mol. The highest BCUT2D eigenvalue weighted by Crippen LogP contribution is 2.13. The van der Waals surface area contributed by atoms with Gasteiger partial charge in [-0.2, -0.15) is 0 Å². The Labute approximate surface area is 132 Å². The number of carbonyl (C=O) groups is 1. The van der Waals surface area contributed by atoms with Gasteiger partial charge in [-0.25, -0.2) is 4.79 Å². The number of ether oxygens (including phenoxy) is 2. The lowest BCUT2D eigenvalue weighted by molar-refractivity contribution is 0.0697. The van der Waals surface area contributed by atoms with E-state index in [-0.39, 0.29) is 5.56 Å². The minimum atomic E-state index is -0.918. The minimum Gasteiger partial charge on any atom is -0.494 e. The summed E-state index contributed by atoms with van der Waals surface area (Å²) in [7, 11) is 0. The minimum absolute atomic E-state index is 0.279. The molecule has 122 valence electrons. The second kappa shape index (κ2) is 10.9. The summed E-state index contributed by atoms with van der Waals surface area (Å²) in [5.41, 5.74) is 1.34. The van der Waals surface area contributed by atoms with E-state index in [1.165, 1.54) is 12.8 Å². The molecular formula is C18H26O4. The van der Waals surface area contributed by atoms with Gasteiger partial charge in [0.05, 0.1) is 18.8 Å². The molecule has 1 aromatic rings. The van der Waals surface area contributed by atoms with Crippen molar-refractivity contribution in [2.45, 2.75) is 39.0 Å². The van der Waals surface area contributed by atoms with E-state index in [1.807, 2.05) is 6.92 Å². The molecule has 1 rings (SSSR count). The Kier molecular flexibility index (Phi) is 9.00. The van der Waals surface area contributed by atoms with E-state index >= 15 is 0 Å². The van der Waals surface area contributed by atoms with Crippen molar-refractivity contribution in [2.75, 3.05) is 19.8 Å². The fourth-order valence-corrected chi connectivity index (χ4v) is 1.97. The van der Waals surface area contributed by atoms with Crippen molar-refractivity contribution >= 4 is 5.97 Å². The van der Waals surface area contributed by atoms with E-state index in [4.69, 9.17) is 14.6 Å². The van der Waals surface area contributed by atoms with Crippen molar-refractivity contribution in [3.05, 3.63) is 42.0 Å². The normalized spacial score (nSPS) is 10.4. The number of unbranched alkanes of at least 4 members (excludes halogenated alkanes) is 4. The van der Waals surface area contributed by atoms with Gasteiger partial charge < -0.3 is 14.6 Å². The number of carboxylic acid groups (broad SMARTS) is 1. The van der Waals surface area contributed by atoms with Crippen LogP contribution in [-0.2, 0) is 4.74 Å². The van der Waals surface area contributed by atoms with E-state index in [1.54, 1.807) is 24.3 Å². The summed E-state index contributed by atoms with van der Waals surface area (Å²) in [6, 6.07) is 6.51. The predicted octanol–water partition coefficient (Wildman–Crippen LogP) is 4.31. The molecule has 0 fully saturated rings. The van der Waals surface area contributed by atoms with E-state index < -0.39 is 5.97 Å². The molecule has 0 amide bonds. The smallest absolute Gasteiger partial charge is 0.335 e. The zero-order valence-corrected chi connectivity index (χ0v) is 13.3. The zero-order chi connectivity index (χ0) is 16.2. The topological polar surface area (TPSA) is 55.8 Å². The number of hydrogen-bond donors (Lipinski definition) is 1. The zero-order valence-electron chi connectivity index (χ0n) is 13.3. The summed E-state index contributed by atoms with van der Waals surface area (Å²) in [6.45, 7) is 7.89. The standard InChI is InChI=1S/C18H26O4/c1-15(2)14-21-12-6-4-3-5-7-13-22-17-10-8-16(9-11-17)18(19)20/h8-11H,1,3-7,12-14H2,2H3,(H,19,20). The van der Waals surface area contributed by atoms with E-state index in [2.05, 4.69) is 6.58 Å². The molecule has 0 heterocycles. The lowest BCUT2D eigenvalue weighted by Crippen LogP contribution is -2.00. The van der Waals surface area contributed by atoms with Gasteiger partial charge in [-0.1, -0.05) is 31.4 Å². The Bertz CT molecular complexity index is 451. The molecule has 4 nitrogen and oxygen atoms in total. The van der Waals surface area contributed by atoms with Gasteiger partial charge in [0.1, 0.15) is 5.75 Å². The van der Waals surface area contributed by atoms with E-state index in [9.17, 15) is 4.79 Å². The molecule has 0 unspecified atom stereocenters. The average Bonchev–Trinajstić information content (AvgIpc) is 2.49. The fraction of sp³-hybridized carbons (Fsp3) is 0.500. The van der Waals surface area contributed by atoms with Crippen LogP contribution in [-0.4, -0.2) is 30.9 Å². The maximum Gasteiger partial charge on any atom is 0.335 e.